The highest BCUT2D eigenvalue weighted by Gasteiger charge is 2.43. The van der Waals surface area contributed by atoms with Crippen LogP contribution in [0.2, 0.25) is 0 Å². The number of hydrogen-bond acceptors (Lipinski definition) is 9. The molecular formula is C27H30F2N6O4S. The zero-order chi connectivity index (χ0) is 28.0. The van der Waals surface area contributed by atoms with Gasteiger partial charge in [-0.15, -0.1) is 20.1 Å². The summed E-state index contributed by atoms with van der Waals surface area (Å²) in [4.78, 5) is 36.6. The highest BCUT2D eigenvalue weighted by molar-refractivity contribution is 7.12. The highest BCUT2D eigenvalue weighted by atomic mass is 32.1. The molecule has 0 bridgehead atoms. The maximum absolute atomic E-state index is 13.3. The third kappa shape index (κ3) is 7.42. The molecule has 0 atom stereocenters. The van der Waals surface area contributed by atoms with Gasteiger partial charge in [-0.05, 0) is 75.1 Å². The van der Waals surface area contributed by atoms with Crippen LogP contribution in [0.1, 0.15) is 46.6 Å². The predicted octanol–water partition coefficient (Wildman–Crippen LogP) is 4.26. The number of nitrogens with one attached hydrogen (secondary N) is 3. The molecule has 13 heteroatoms. The van der Waals surface area contributed by atoms with Crippen molar-refractivity contribution >= 4 is 34.7 Å². The minimum Gasteiger partial charge on any atom is -0.395 e. The van der Waals surface area contributed by atoms with Crippen LogP contribution in [-0.4, -0.2) is 59.2 Å². The fourth-order valence-electron chi connectivity index (χ4n) is 4.59. The first-order valence-corrected chi connectivity index (χ1v) is 14.0. The minimum atomic E-state index is -3.73. The second kappa shape index (κ2) is 12.6. The number of halogens is 2. The van der Waals surface area contributed by atoms with E-state index >= 15 is 0 Å². The van der Waals surface area contributed by atoms with Gasteiger partial charge in [0.05, 0.1) is 11.9 Å². The van der Waals surface area contributed by atoms with Crippen molar-refractivity contribution in [3.05, 3.63) is 58.2 Å². The molecule has 10 nitrogen and oxygen atoms in total. The van der Waals surface area contributed by atoms with Gasteiger partial charge in [0.15, 0.2) is 11.5 Å². The number of pyridine rings is 1. The van der Waals surface area contributed by atoms with Gasteiger partial charge in [0.2, 0.25) is 5.91 Å². The Kier molecular flexibility index (Phi) is 8.70. The molecule has 2 aliphatic rings. The first kappa shape index (κ1) is 27.7. The van der Waals surface area contributed by atoms with Crippen LogP contribution in [0.4, 0.5) is 20.3 Å². The van der Waals surface area contributed by atoms with E-state index in [-0.39, 0.29) is 29.5 Å². The fraction of sp³-hybridized carbons (Fsp3) is 0.407. The van der Waals surface area contributed by atoms with Gasteiger partial charge in [-0.3, -0.25) is 14.6 Å². The molecule has 40 heavy (non-hydrogen) atoms. The smallest absolute Gasteiger partial charge is 0.395 e. The molecule has 0 radical (unpaired) electrons. The number of aromatic nitrogens is 2. The van der Waals surface area contributed by atoms with Crippen LogP contribution < -0.4 is 25.4 Å². The Morgan fingerprint density at radius 1 is 1.05 bits per heavy atom. The SMILES string of the molecule is O=C(Cc1cc(CNc2ncsc2C(=O)Nc2ccc3c(c2)OC(F)(F)O3)ccn1)NCCCCN1CCCC1. The topological polar surface area (TPSA) is 118 Å². The van der Waals surface area contributed by atoms with Crippen LogP contribution in [0.15, 0.2) is 42.0 Å². The lowest BCUT2D eigenvalue weighted by molar-refractivity contribution is -0.286. The Morgan fingerprint density at radius 2 is 1.88 bits per heavy atom. The van der Waals surface area contributed by atoms with Crippen molar-refractivity contribution in [1.82, 2.24) is 20.2 Å². The lowest BCUT2D eigenvalue weighted by Gasteiger charge is -2.14. The number of rotatable bonds is 12. The number of benzene rings is 1. The van der Waals surface area contributed by atoms with Crippen molar-refractivity contribution < 1.29 is 27.8 Å². The van der Waals surface area contributed by atoms with Crippen LogP contribution >= 0.6 is 11.3 Å². The first-order valence-electron chi connectivity index (χ1n) is 13.2. The summed E-state index contributed by atoms with van der Waals surface area (Å²) in [5, 5.41) is 8.78. The van der Waals surface area contributed by atoms with E-state index in [0.29, 0.717) is 29.5 Å². The molecule has 2 aromatic heterocycles. The largest absolute Gasteiger partial charge is 0.586 e. The molecule has 1 saturated heterocycles. The summed E-state index contributed by atoms with van der Waals surface area (Å²) >= 11 is 1.14. The number of anilines is 2. The van der Waals surface area contributed by atoms with Crippen molar-refractivity contribution in [3.8, 4) is 11.5 Å². The van der Waals surface area contributed by atoms with Crippen molar-refractivity contribution in [2.24, 2.45) is 0 Å². The number of unbranched alkanes of at least 4 members (excludes halogenated alkanes) is 1. The Labute approximate surface area is 234 Å². The molecule has 0 saturated carbocycles. The monoisotopic (exact) mass is 572 g/mol. The van der Waals surface area contributed by atoms with Crippen molar-refractivity contribution in [1.29, 1.82) is 0 Å². The number of amides is 2. The number of hydrogen-bond donors (Lipinski definition) is 3. The van der Waals surface area contributed by atoms with E-state index in [1.807, 2.05) is 12.1 Å². The number of carbonyl (C=O) groups is 2. The Morgan fingerprint density at radius 3 is 2.73 bits per heavy atom. The number of thiazole rings is 1. The summed E-state index contributed by atoms with van der Waals surface area (Å²) in [6.07, 6.45) is 2.70. The van der Waals surface area contributed by atoms with Gasteiger partial charge in [-0.2, -0.15) is 0 Å². The van der Waals surface area contributed by atoms with Gasteiger partial charge in [-0.25, -0.2) is 4.98 Å². The summed E-state index contributed by atoms with van der Waals surface area (Å²) in [5.41, 5.74) is 3.33. The van der Waals surface area contributed by atoms with E-state index < -0.39 is 12.2 Å². The number of ether oxygens (including phenoxy) is 2. The van der Waals surface area contributed by atoms with Gasteiger partial charge in [-0.1, -0.05) is 0 Å². The molecule has 212 valence electrons. The van der Waals surface area contributed by atoms with Crippen molar-refractivity contribution in [3.63, 3.8) is 0 Å². The lowest BCUT2D eigenvalue weighted by atomic mass is 10.2. The molecular weight excluding hydrogens is 542 g/mol. The molecule has 2 aliphatic heterocycles. The third-order valence-corrected chi connectivity index (χ3v) is 7.36. The number of carbonyl (C=O) groups excluding carboxylic acids is 2. The van der Waals surface area contributed by atoms with E-state index in [1.165, 1.54) is 49.6 Å². The lowest BCUT2D eigenvalue weighted by Crippen LogP contribution is -2.27. The van der Waals surface area contributed by atoms with Crippen LogP contribution in [0, 0.1) is 0 Å². The first-order chi connectivity index (χ1) is 19.3. The van der Waals surface area contributed by atoms with Crippen molar-refractivity contribution in [2.75, 3.05) is 36.8 Å². The number of nitrogens with zero attached hydrogens (tertiary/aromatic N) is 3. The van der Waals surface area contributed by atoms with E-state index in [1.54, 1.807) is 6.20 Å². The molecule has 1 aromatic carbocycles. The predicted molar refractivity (Wildman–Crippen MR) is 146 cm³/mol. The normalized spacial score (nSPS) is 15.7. The second-order valence-corrected chi connectivity index (χ2v) is 10.5. The summed E-state index contributed by atoms with van der Waals surface area (Å²) in [6.45, 7) is 4.48. The van der Waals surface area contributed by atoms with Crippen LogP contribution in [0.3, 0.4) is 0 Å². The molecule has 0 unspecified atom stereocenters. The fourth-order valence-corrected chi connectivity index (χ4v) is 5.25. The summed E-state index contributed by atoms with van der Waals surface area (Å²) in [6, 6.07) is 7.68. The van der Waals surface area contributed by atoms with E-state index in [9.17, 15) is 18.4 Å². The second-order valence-electron chi connectivity index (χ2n) is 9.60. The molecule has 5 rings (SSSR count). The van der Waals surface area contributed by atoms with E-state index in [4.69, 9.17) is 0 Å². The van der Waals surface area contributed by atoms with Gasteiger partial charge in [0.1, 0.15) is 10.7 Å². The summed E-state index contributed by atoms with van der Waals surface area (Å²) in [5.74, 6) is -0.414. The molecule has 3 N–H and O–H groups in total. The Bertz CT molecular complexity index is 1350. The molecule has 0 spiro atoms. The molecule has 4 heterocycles. The number of alkyl halides is 2. The van der Waals surface area contributed by atoms with Gasteiger partial charge in [0, 0.05) is 36.7 Å². The summed E-state index contributed by atoms with van der Waals surface area (Å²) in [7, 11) is 0. The van der Waals surface area contributed by atoms with E-state index in [2.05, 4.69) is 40.3 Å². The molecule has 0 aliphatic carbocycles. The van der Waals surface area contributed by atoms with Crippen LogP contribution in [0.5, 0.6) is 11.5 Å². The Balaban J connectivity index is 1.08. The molecule has 2 amide bonds. The zero-order valence-corrected chi connectivity index (χ0v) is 22.6. The Hall–Kier alpha value is -3.84. The quantitative estimate of drug-likeness (QED) is 0.276. The highest BCUT2D eigenvalue weighted by Crippen LogP contribution is 2.42. The van der Waals surface area contributed by atoms with Gasteiger partial charge < -0.3 is 30.3 Å². The number of likely N-dealkylation sites (tertiary alicyclic amines) is 1. The summed E-state index contributed by atoms with van der Waals surface area (Å²) < 4.78 is 35.3. The average Bonchev–Trinajstić information content (AvgIpc) is 3.66. The van der Waals surface area contributed by atoms with Gasteiger partial charge in [0.25, 0.3) is 5.91 Å². The maximum atomic E-state index is 13.3. The molecule has 3 aromatic rings. The van der Waals surface area contributed by atoms with E-state index in [0.717, 1.165) is 36.3 Å². The molecule has 1 fully saturated rings. The average molecular weight is 573 g/mol. The van der Waals surface area contributed by atoms with Crippen LogP contribution in [0.25, 0.3) is 0 Å². The minimum absolute atomic E-state index is 0.0653. The standard InChI is InChI=1S/C27H30F2N6O4S/c28-27(29)38-21-6-5-19(14-22(21)39-27)34-26(37)24-25(33-17-40-24)32-16-18-7-9-30-20(13-18)15-23(36)31-8-1-2-10-35-11-3-4-12-35/h5-7,9,13-14,17,32H,1-4,8,10-12,15-16H2,(H,31,36)(H,34,37). The maximum Gasteiger partial charge on any atom is 0.586 e. The van der Waals surface area contributed by atoms with Gasteiger partial charge >= 0.3 is 6.29 Å². The zero-order valence-electron chi connectivity index (χ0n) is 21.8. The third-order valence-electron chi connectivity index (χ3n) is 6.54. The van der Waals surface area contributed by atoms with Crippen LogP contribution in [-0.2, 0) is 17.8 Å². The number of fused-ring (bicyclic) bond motifs is 1. The van der Waals surface area contributed by atoms with Crippen molar-refractivity contribution in [2.45, 2.75) is 44.9 Å².